The first kappa shape index (κ1) is 12.8. The summed E-state index contributed by atoms with van der Waals surface area (Å²) in [4.78, 5) is 18.6. The van der Waals surface area contributed by atoms with Gasteiger partial charge in [0.2, 0.25) is 0 Å². The fourth-order valence-corrected chi connectivity index (χ4v) is 1.84. The minimum Gasteiger partial charge on any atom is -0.365 e. The van der Waals surface area contributed by atoms with Crippen LogP contribution in [0.4, 0.5) is 5.82 Å². The standard InChI is InChI=1S/C12H9Cl2N3O/c13-9-3-1-2-8(4-9)5-15-12-10(6-18)11(14)16-7-17-12/h1-4,6-7H,5H2,(H,15,16,17). The summed E-state index contributed by atoms with van der Waals surface area (Å²) in [5.74, 6) is 0.407. The summed E-state index contributed by atoms with van der Waals surface area (Å²) in [6.45, 7) is 0.495. The summed E-state index contributed by atoms with van der Waals surface area (Å²) >= 11 is 11.7. The third-order valence-corrected chi connectivity index (χ3v) is 2.84. The van der Waals surface area contributed by atoms with Crippen molar-refractivity contribution in [1.82, 2.24) is 9.97 Å². The monoisotopic (exact) mass is 281 g/mol. The van der Waals surface area contributed by atoms with E-state index >= 15 is 0 Å². The number of rotatable bonds is 4. The van der Waals surface area contributed by atoms with Crippen LogP contribution in [0, 0.1) is 0 Å². The summed E-state index contributed by atoms with van der Waals surface area (Å²) in [5.41, 5.74) is 1.23. The van der Waals surface area contributed by atoms with Crippen LogP contribution in [0.1, 0.15) is 15.9 Å². The first-order valence-electron chi connectivity index (χ1n) is 5.14. The molecule has 92 valence electrons. The number of aromatic nitrogens is 2. The molecule has 0 aliphatic heterocycles. The van der Waals surface area contributed by atoms with Crippen molar-refractivity contribution in [3.8, 4) is 0 Å². The average molecular weight is 282 g/mol. The van der Waals surface area contributed by atoms with Crippen LogP contribution in [0.2, 0.25) is 10.2 Å². The minimum atomic E-state index is 0.133. The van der Waals surface area contributed by atoms with Gasteiger partial charge in [-0.1, -0.05) is 35.3 Å². The number of carbonyl (C=O) groups excluding carboxylic acids is 1. The third kappa shape index (κ3) is 2.97. The highest BCUT2D eigenvalue weighted by molar-refractivity contribution is 6.32. The summed E-state index contributed by atoms with van der Waals surface area (Å²) in [7, 11) is 0. The molecular weight excluding hydrogens is 273 g/mol. The van der Waals surface area contributed by atoms with Crippen molar-refractivity contribution in [3.05, 3.63) is 51.9 Å². The molecule has 4 nitrogen and oxygen atoms in total. The van der Waals surface area contributed by atoms with Gasteiger partial charge >= 0.3 is 0 Å². The maximum Gasteiger partial charge on any atom is 0.156 e. The lowest BCUT2D eigenvalue weighted by molar-refractivity contribution is 0.112. The zero-order valence-electron chi connectivity index (χ0n) is 9.23. The van der Waals surface area contributed by atoms with Gasteiger partial charge in [0.1, 0.15) is 17.3 Å². The number of nitrogens with one attached hydrogen (secondary N) is 1. The van der Waals surface area contributed by atoms with Crippen LogP contribution in [0.25, 0.3) is 0 Å². The third-order valence-electron chi connectivity index (χ3n) is 2.30. The van der Waals surface area contributed by atoms with E-state index in [1.54, 1.807) is 6.07 Å². The molecule has 0 amide bonds. The Kier molecular flexibility index (Phi) is 4.12. The Balaban J connectivity index is 2.15. The Labute approximate surface area is 114 Å². The molecule has 0 spiro atoms. The van der Waals surface area contributed by atoms with Gasteiger partial charge in [-0.15, -0.1) is 0 Å². The molecule has 1 aromatic carbocycles. The quantitative estimate of drug-likeness (QED) is 0.691. The lowest BCUT2D eigenvalue weighted by Crippen LogP contribution is -2.05. The second-order valence-electron chi connectivity index (χ2n) is 3.53. The van der Waals surface area contributed by atoms with Crippen molar-refractivity contribution in [2.24, 2.45) is 0 Å². The summed E-state index contributed by atoms with van der Waals surface area (Å²) in [5, 5.41) is 3.81. The van der Waals surface area contributed by atoms with E-state index in [4.69, 9.17) is 23.2 Å². The molecule has 6 heteroatoms. The van der Waals surface area contributed by atoms with Gasteiger partial charge in [-0.25, -0.2) is 9.97 Å². The number of nitrogens with zero attached hydrogens (tertiary/aromatic N) is 2. The predicted molar refractivity (Wildman–Crippen MR) is 71.2 cm³/mol. The molecule has 18 heavy (non-hydrogen) atoms. The largest absolute Gasteiger partial charge is 0.365 e. The second-order valence-corrected chi connectivity index (χ2v) is 4.32. The van der Waals surface area contributed by atoms with Crippen LogP contribution in [0.5, 0.6) is 0 Å². The van der Waals surface area contributed by atoms with Gasteiger partial charge < -0.3 is 5.32 Å². The van der Waals surface area contributed by atoms with E-state index in [0.717, 1.165) is 5.56 Å². The molecule has 0 bridgehead atoms. The maximum atomic E-state index is 10.9. The van der Waals surface area contributed by atoms with E-state index in [2.05, 4.69) is 15.3 Å². The molecule has 0 radical (unpaired) electrons. The number of carbonyl (C=O) groups is 1. The van der Waals surface area contributed by atoms with Gasteiger partial charge in [0.05, 0.1) is 5.56 Å². The topological polar surface area (TPSA) is 54.9 Å². The summed E-state index contributed by atoms with van der Waals surface area (Å²) < 4.78 is 0. The smallest absolute Gasteiger partial charge is 0.156 e. The number of hydrogen-bond donors (Lipinski definition) is 1. The molecule has 1 heterocycles. The fraction of sp³-hybridized carbons (Fsp3) is 0.0833. The van der Waals surface area contributed by atoms with E-state index in [-0.39, 0.29) is 10.7 Å². The molecule has 2 rings (SSSR count). The average Bonchev–Trinajstić information content (AvgIpc) is 2.36. The van der Waals surface area contributed by atoms with Gasteiger partial charge in [0, 0.05) is 11.6 Å². The van der Waals surface area contributed by atoms with E-state index < -0.39 is 0 Å². The van der Waals surface area contributed by atoms with Gasteiger partial charge in [-0.2, -0.15) is 0 Å². The summed E-state index contributed by atoms with van der Waals surface area (Å²) in [6, 6.07) is 7.40. The Morgan fingerprint density at radius 1 is 1.28 bits per heavy atom. The van der Waals surface area contributed by atoms with Crippen molar-refractivity contribution in [1.29, 1.82) is 0 Å². The van der Waals surface area contributed by atoms with Crippen LogP contribution in [0.3, 0.4) is 0 Å². The Bertz CT molecular complexity index is 575. The number of hydrogen-bond acceptors (Lipinski definition) is 4. The molecule has 0 saturated heterocycles. The van der Waals surface area contributed by atoms with Crippen LogP contribution in [-0.2, 0) is 6.54 Å². The molecule has 0 unspecified atom stereocenters. The summed E-state index contributed by atoms with van der Waals surface area (Å²) in [6.07, 6.45) is 1.93. The SMILES string of the molecule is O=Cc1c(Cl)ncnc1NCc1cccc(Cl)c1. The number of halogens is 2. The number of anilines is 1. The highest BCUT2D eigenvalue weighted by atomic mass is 35.5. The minimum absolute atomic E-state index is 0.133. The van der Waals surface area contributed by atoms with Crippen molar-refractivity contribution in [3.63, 3.8) is 0 Å². The van der Waals surface area contributed by atoms with Gasteiger partial charge in [0.25, 0.3) is 0 Å². The zero-order chi connectivity index (χ0) is 13.0. The van der Waals surface area contributed by atoms with Crippen LogP contribution in [0.15, 0.2) is 30.6 Å². The molecule has 0 saturated carbocycles. The number of benzene rings is 1. The number of aldehydes is 1. The van der Waals surface area contributed by atoms with Crippen molar-refractivity contribution >= 4 is 35.3 Å². The molecule has 0 fully saturated rings. The van der Waals surface area contributed by atoms with E-state index in [9.17, 15) is 4.79 Å². The first-order chi connectivity index (χ1) is 8.70. The molecule has 0 aliphatic carbocycles. The molecule has 1 N–H and O–H groups in total. The Morgan fingerprint density at radius 2 is 2.11 bits per heavy atom. The Hall–Kier alpha value is -1.65. The lowest BCUT2D eigenvalue weighted by Gasteiger charge is -2.08. The molecule has 2 aromatic rings. The van der Waals surface area contributed by atoms with Crippen LogP contribution >= 0.6 is 23.2 Å². The normalized spacial score (nSPS) is 10.1. The highest BCUT2D eigenvalue weighted by Gasteiger charge is 2.08. The Morgan fingerprint density at radius 3 is 2.83 bits per heavy atom. The van der Waals surface area contributed by atoms with E-state index in [1.165, 1.54) is 6.33 Å². The van der Waals surface area contributed by atoms with Crippen LogP contribution in [-0.4, -0.2) is 16.3 Å². The highest BCUT2D eigenvalue weighted by Crippen LogP contribution is 2.18. The molecule has 0 aliphatic rings. The predicted octanol–water partition coefficient (Wildman–Crippen LogP) is 3.21. The first-order valence-corrected chi connectivity index (χ1v) is 5.90. The van der Waals surface area contributed by atoms with Gasteiger partial charge in [0.15, 0.2) is 6.29 Å². The lowest BCUT2D eigenvalue weighted by atomic mass is 10.2. The van der Waals surface area contributed by atoms with Gasteiger partial charge in [-0.05, 0) is 17.7 Å². The second kappa shape index (κ2) is 5.80. The molecular formula is C12H9Cl2N3O. The van der Waals surface area contributed by atoms with Crippen molar-refractivity contribution in [2.75, 3.05) is 5.32 Å². The van der Waals surface area contributed by atoms with E-state index in [1.807, 2.05) is 18.2 Å². The molecule has 1 aromatic heterocycles. The van der Waals surface area contributed by atoms with Crippen molar-refractivity contribution < 1.29 is 4.79 Å². The van der Waals surface area contributed by atoms with Gasteiger partial charge in [-0.3, -0.25) is 4.79 Å². The van der Waals surface area contributed by atoms with Crippen LogP contribution < -0.4 is 5.32 Å². The zero-order valence-corrected chi connectivity index (χ0v) is 10.7. The van der Waals surface area contributed by atoms with E-state index in [0.29, 0.717) is 23.7 Å². The fourth-order valence-electron chi connectivity index (χ4n) is 1.45. The maximum absolute atomic E-state index is 10.9. The molecule has 0 atom stereocenters. The van der Waals surface area contributed by atoms with Crippen molar-refractivity contribution in [2.45, 2.75) is 6.54 Å².